The lowest BCUT2D eigenvalue weighted by atomic mass is 10.3. The van der Waals surface area contributed by atoms with E-state index >= 15 is 0 Å². The molecular weight excluding hydrogens is 336 g/mol. The van der Waals surface area contributed by atoms with Gasteiger partial charge >= 0.3 is 10.2 Å². The van der Waals surface area contributed by atoms with Gasteiger partial charge in [0.2, 0.25) is 0 Å². The van der Waals surface area contributed by atoms with Crippen molar-refractivity contribution in [1.29, 1.82) is 0 Å². The summed E-state index contributed by atoms with van der Waals surface area (Å²) in [5, 5.41) is 8.71. The van der Waals surface area contributed by atoms with Crippen molar-refractivity contribution in [3.05, 3.63) is 22.7 Å². The Balaban J connectivity index is 2.85. The van der Waals surface area contributed by atoms with Crippen LogP contribution in [0.4, 0.5) is 5.69 Å². The predicted octanol–water partition coefficient (Wildman–Crippen LogP) is 1.43. The van der Waals surface area contributed by atoms with Gasteiger partial charge in [0.1, 0.15) is 5.75 Å². The fraction of sp³-hybridized carbons (Fsp3) is 0.455. The molecule has 0 bridgehead atoms. The number of ether oxygens (including phenoxy) is 1. The third kappa shape index (κ3) is 4.98. The fourth-order valence-corrected chi connectivity index (χ4v) is 2.79. The Morgan fingerprint density at radius 2 is 2.11 bits per heavy atom. The Kier molecular flexibility index (Phi) is 6.05. The van der Waals surface area contributed by atoms with E-state index in [1.165, 1.54) is 14.2 Å². The van der Waals surface area contributed by atoms with Crippen LogP contribution >= 0.6 is 15.9 Å². The second-order valence-electron chi connectivity index (χ2n) is 3.89. The van der Waals surface area contributed by atoms with Gasteiger partial charge < -0.3 is 9.84 Å². The molecule has 0 atom stereocenters. The molecule has 0 radical (unpaired) electrons. The third-order valence-corrected chi connectivity index (χ3v) is 4.35. The minimum atomic E-state index is -3.63. The number of hydrogen-bond acceptors (Lipinski definition) is 4. The first-order valence-corrected chi connectivity index (χ1v) is 7.82. The molecule has 108 valence electrons. The first-order chi connectivity index (χ1) is 8.89. The third-order valence-electron chi connectivity index (χ3n) is 2.40. The average Bonchev–Trinajstić information content (AvgIpc) is 2.34. The van der Waals surface area contributed by atoms with Crippen LogP contribution in [0.2, 0.25) is 0 Å². The van der Waals surface area contributed by atoms with Crippen molar-refractivity contribution in [2.45, 2.75) is 6.42 Å². The number of hydrogen-bond donors (Lipinski definition) is 2. The van der Waals surface area contributed by atoms with Gasteiger partial charge in [-0.05, 0) is 18.6 Å². The van der Waals surface area contributed by atoms with Crippen molar-refractivity contribution in [2.24, 2.45) is 0 Å². The van der Waals surface area contributed by atoms with Crippen LogP contribution in [0, 0.1) is 0 Å². The van der Waals surface area contributed by atoms with Gasteiger partial charge in [0.05, 0.1) is 12.8 Å². The van der Waals surface area contributed by atoms with Crippen LogP contribution in [0.1, 0.15) is 6.42 Å². The Morgan fingerprint density at radius 1 is 1.42 bits per heavy atom. The maximum Gasteiger partial charge on any atom is 0.301 e. The van der Waals surface area contributed by atoms with E-state index in [1.54, 1.807) is 18.2 Å². The van der Waals surface area contributed by atoms with E-state index in [-0.39, 0.29) is 13.2 Å². The Morgan fingerprint density at radius 3 is 2.68 bits per heavy atom. The molecule has 1 aromatic carbocycles. The summed E-state index contributed by atoms with van der Waals surface area (Å²) in [4.78, 5) is 0. The van der Waals surface area contributed by atoms with Gasteiger partial charge in [0.15, 0.2) is 0 Å². The minimum absolute atomic E-state index is 0.0510. The van der Waals surface area contributed by atoms with E-state index in [4.69, 9.17) is 9.84 Å². The van der Waals surface area contributed by atoms with Crippen LogP contribution in [0.25, 0.3) is 0 Å². The zero-order valence-corrected chi connectivity index (χ0v) is 13.2. The molecule has 1 rings (SSSR count). The molecule has 19 heavy (non-hydrogen) atoms. The zero-order chi connectivity index (χ0) is 14.5. The standard InChI is InChI=1S/C11H17BrN2O4S/c1-14(4-3-5-15)19(16,17)13-10-6-9(12)7-11(8-10)18-2/h6-8,13,15H,3-5H2,1-2H3. The number of aliphatic hydroxyl groups excluding tert-OH is 1. The van der Waals surface area contributed by atoms with Crippen molar-refractivity contribution in [3.63, 3.8) is 0 Å². The van der Waals surface area contributed by atoms with Gasteiger partial charge in [-0.1, -0.05) is 15.9 Å². The summed E-state index contributed by atoms with van der Waals surface area (Å²) in [6.45, 7) is 0.196. The normalized spacial score (nSPS) is 11.6. The molecule has 0 aliphatic carbocycles. The molecule has 0 unspecified atom stereocenters. The number of rotatable bonds is 7. The Labute approximate surface area is 121 Å². The highest BCUT2D eigenvalue weighted by molar-refractivity contribution is 9.10. The molecule has 0 aliphatic heterocycles. The van der Waals surface area contributed by atoms with Crippen LogP contribution in [-0.4, -0.2) is 45.1 Å². The van der Waals surface area contributed by atoms with E-state index in [9.17, 15) is 8.42 Å². The molecule has 0 saturated carbocycles. The second-order valence-corrected chi connectivity index (χ2v) is 6.58. The summed E-state index contributed by atoms with van der Waals surface area (Å²) in [5.41, 5.74) is 0.405. The van der Waals surface area contributed by atoms with Crippen molar-refractivity contribution in [1.82, 2.24) is 4.31 Å². The Bertz CT molecular complexity index is 521. The SMILES string of the molecule is COc1cc(Br)cc(NS(=O)(=O)N(C)CCCO)c1. The van der Waals surface area contributed by atoms with Crippen LogP contribution in [0.15, 0.2) is 22.7 Å². The fourth-order valence-electron chi connectivity index (χ4n) is 1.38. The van der Waals surface area contributed by atoms with Gasteiger partial charge in [-0.3, -0.25) is 4.72 Å². The van der Waals surface area contributed by atoms with Gasteiger partial charge in [-0.25, -0.2) is 0 Å². The smallest absolute Gasteiger partial charge is 0.301 e. The molecule has 2 N–H and O–H groups in total. The van der Waals surface area contributed by atoms with E-state index in [2.05, 4.69) is 20.7 Å². The van der Waals surface area contributed by atoms with Crippen molar-refractivity contribution in [2.75, 3.05) is 32.0 Å². The molecule has 0 spiro atoms. The lowest BCUT2D eigenvalue weighted by Crippen LogP contribution is -2.33. The van der Waals surface area contributed by atoms with Gasteiger partial charge in [0, 0.05) is 30.7 Å². The quantitative estimate of drug-likeness (QED) is 0.777. The van der Waals surface area contributed by atoms with Gasteiger partial charge in [-0.2, -0.15) is 12.7 Å². The van der Waals surface area contributed by atoms with Crippen molar-refractivity contribution in [3.8, 4) is 5.75 Å². The van der Waals surface area contributed by atoms with Gasteiger partial charge in [-0.15, -0.1) is 0 Å². The first kappa shape index (κ1) is 16.2. The molecule has 0 saturated heterocycles. The molecule has 0 aliphatic rings. The lowest BCUT2D eigenvalue weighted by Gasteiger charge is -2.18. The highest BCUT2D eigenvalue weighted by atomic mass is 79.9. The van der Waals surface area contributed by atoms with Crippen LogP contribution in [0.5, 0.6) is 5.75 Å². The highest BCUT2D eigenvalue weighted by Gasteiger charge is 2.17. The molecule has 0 amide bonds. The molecule has 0 fully saturated rings. The number of methoxy groups -OCH3 is 1. The van der Waals surface area contributed by atoms with Crippen LogP contribution in [0.3, 0.4) is 0 Å². The summed E-state index contributed by atoms with van der Waals surface area (Å²) in [7, 11) is -0.673. The monoisotopic (exact) mass is 352 g/mol. The number of halogens is 1. The molecule has 0 heterocycles. The number of benzene rings is 1. The number of nitrogens with one attached hydrogen (secondary N) is 1. The summed E-state index contributed by atoms with van der Waals surface area (Å²) < 4.78 is 33.4. The van der Waals surface area contributed by atoms with Crippen molar-refractivity contribution >= 4 is 31.8 Å². The second kappa shape index (κ2) is 7.09. The maximum absolute atomic E-state index is 12.0. The Hall–Kier alpha value is -0.830. The largest absolute Gasteiger partial charge is 0.497 e. The van der Waals surface area contributed by atoms with Crippen molar-refractivity contribution < 1.29 is 18.3 Å². The molecule has 0 aromatic heterocycles. The number of aliphatic hydroxyl groups is 1. The van der Waals surface area contributed by atoms with Crippen LogP contribution in [-0.2, 0) is 10.2 Å². The van der Waals surface area contributed by atoms with E-state index < -0.39 is 10.2 Å². The lowest BCUT2D eigenvalue weighted by molar-refractivity contribution is 0.276. The summed E-state index contributed by atoms with van der Waals surface area (Å²) in [5.74, 6) is 0.546. The van der Waals surface area contributed by atoms with E-state index in [1.807, 2.05) is 0 Å². The summed E-state index contributed by atoms with van der Waals surface area (Å²) in [6, 6.07) is 4.95. The molecule has 1 aromatic rings. The first-order valence-electron chi connectivity index (χ1n) is 5.58. The van der Waals surface area contributed by atoms with E-state index in [0.29, 0.717) is 22.3 Å². The maximum atomic E-state index is 12.0. The van der Waals surface area contributed by atoms with Gasteiger partial charge in [0.25, 0.3) is 0 Å². The topological polar surface area (TPSA) is 78.9 Å². The summed E-state index contributed by atoms with van der Waals surface area (Å²) in [6.07, 6.45) is 0.388. The predicted molar refractivity (Wildman–Crippen MR) is 77.6 cm³/mol. The van der Waals surface area contributed by atoms with E-state index in [0.717, 1.165) is 4.31 Å². The number of anilines is 1. The van der Waals surface area contributed by atoms with Crippen LogP contribution < -0.4 is 9.46 Å². The average molecular weight is 353 g/mol. The zero-order valence-electron chi connectivity index (χ0n) is 10.8. The minimum Gasteiger partial charge on any atom is -0.497 e. The number of nitrogens with zero attached hydrogens (tertiary/aromatic N) is 1. The molecule has 6 nitrogen and oxygen atoms in total. The summed E-state index contributed by atoms with van der Waals surface area (Å²) >= 11 is 3.28. The molecular formula is C11H17BrN2O4S. The molecule has 8 heteroatoms. The highest BCUT2D eigenvalue weighted by Crippen LogP contribution is 2.25.